The molecule has 1 aromatic carbocycles. The van der Waals surface area contributed by atoms with Crippen LogP contribution in [0.15, 0.2) is 41.2 Å². The van der Waals surface area contributed by atoms with E-state index < -0.39 is 0 Å². The van der Waals surface area contributed by atoms with Crippen molar-refractivity contribution in [2.75, 3.05) is 16.8 Å². The van der Waals surface area contributed by atoms with Crippen LogP contribution in [0.4, 0.5) is 5.69 Å². The van der Waals surface area contributed by atoms with Crippen LogP contribution in [0.1, 0.15) is 20.6 Å². The Morgan fingerprint density at radius 3 is 2.76 bits per heavy atom. The first-order chi connectivity index (χ1) is 10.2. The van der Waals surface area contributed by atoms with E-state index in [-0.39, 0.29) is 17.2 Å². The molecule has 3 rings (SSSR count). The second-order valence-electron chi connectivity index (χ2n) is 4.46. The molecule has 0 radical (unpaired) electrons. The maximum absolute atomic E-state index is 12.1. The Morgan fingerprint density at radius 1 is 1.24 bits per heavy atom. The van der Waals surface area contributed by atoms with Crippen molar-refractivity contribution in [3.05, 3.63) is 58.0 Å². The standard InChI is InChI=1S/C14H13N3O2S2/c18-12-5-4-11(16-17-12)13(19)15-10-3-1-2-9(8-10)14-20-6-7-21-14/h1-5,8,14H,6-7H2,(H,15,19)(H,17,18). The summed E-state index contributed by atoms with van der Waals surface area (Å²) in [7, 11) is 0. The number of aromatic amines is 1. The molecule has 0 saturated carbocycles. The number of hydrogen-bond acceptors (Lipinski definition) is 5. The molecule has 0 spiro atoms. The maximum atomic E-state index is 12.1. The van der Waals surface area contributed by atoms with Gasteiger partial charge in [0, 0.05) is 23.3 Å². The first-order valence-electron chi connectivity index (χ1n) is 6.42. The van der Waals surface area contributed by atoms with Crippen LogP contribution in [0.2, 0.25) is 0 Å². The number of nitrogens with zero attached hydrogens (tertiary/aromatic N) is 1. The number of benzene rings is 1. The van der Waals surface area contributed by atoms with Gasteiger partial charge < -0.3 is 5.32 Å². The monoisotopic (exact) mass is 319 g/mol. The van der Waals surface area contributed by atoms with Crippen molar-refractivity contribution < 1.29 is 4.79 Å². The minimum Gasteiger partial charge on any atom is -0.321 e. The van der Waals surface area contributed by atoms with Crippen LogP contribution in [0.3, 0.4) is 0 Å². The van der Waals surface area contributed by atoms with Crippen LogP contribution in [0.5, 0.6) is 0 Å². The van der Waals surface area contributed by atoms with Gasteiger partial charge in [-0.15, -0.1) is 23.5 Å². The lowest BCUT2D eigenvalue weighted by Gasteiger charge is -2.10. The summed E-state index contributed by atoms with van der Waals surface area (Å²) in [5.41, 5.74) is 1.79. The second-order valence-corrected chi connectivity index (χ2v) is 7.18. The molecule has 21 heavy (non-hydrogen) atoms. The van der Waals surface area contributed by atoms with Gasteiger partial charge >= 0.3 is 0 Å². The normalized spacial score (nSPS) is 15.0. The molecule has 0 atom stereocenters. The van der Waals surface area contributed by atoms with Crippen LogP contribution < -0.4 is 10.9 Å². The van der Waals surface area contributed by atoms with Gasteiger partial charge in [-0.3, -0.25) is 9.59 Å². The van der Waals surface area contributed by atoms with Gasteiger partial charge in [0.1, 0.15) is 5.69 Å². The Bertz CT molecular complexity index is 691. The Hall–Kier alpha value is -1.73. The summed E-state index contributed by atoms with van der Waals surface area (Å²) in [4.78, 5) is 23.0. The van der Waals surface area contributed by atoms with Crippen molar-refractivity contribution >= 4 is 35.1 Å². The Balaban J connectivity index is 1.75. The van der Waals surface area contributed by atoms with Gasteiger partial charge in [-0.1, -0.05) is 12.1 Å². The quantitative estimate of drug-likeness (QED) is 0.909. The van der Waals surface area contributed by atoms with Crippen molar-refractivity contribution in [2.24, 2.45) is 0 Å². The Morgan fingerprint density at radius 2 is 2.05 bits per heavy atom. The van der Waals surface area contributed by atoms with Gasteiger partial charge in [-0.05, 0) is 23.8 Å². The van der Waals surface area contributed by atoms with E-state index >= 15 is 0 Å². The average molecular weight is 319 g/mol. The van der Waals surface area contributed by atoms with Crippen LogP contribution >= 0.6 is 23.5 Å². The summed E-state index contributed by atoms with van der Waals surface area (Å²) in [6.07, 6.45) is 0. The lowest BCUT2D eigenvalue weighted by Crippen LogP contribution is -2.17. The van der Waals surface area contributed by atoms with E-state index in [1.54, 1.807) is 0 Å². The molecule has 2 N–H and O–H groups in total. The number of carbonyl (C=O) groups excluding carboxylic acids is 1. The lowest BCUT2D eigenvalue weighted by atomic mass is 10.2. The summed E-state index contributed by atoms with van der Waals surface area (Å²) >= 11 is 3.84. The molecular weight excluding hydrogens is 306 g/mol. The molecule has 108 valence electrons. The summed E-state index contributed by atoms with van der Waals surface area (Å²) in [5.74, 6) is 1.98. The molecule has 1 fully saturated rings. The number of H-pyrrole nitrogens is 1. The fraction of sp³-hybridized carbons (Fsp3) is 0.214. The van der Waals surface area contributed by atoms with Crippen LogP contribution in [0.25, 0.3) is 0 Å². The lowest BCUT2D eigenvalue weighted by molar-refractivity contribution is 0.102. The van der Waals surface area contributed by atoms with Crippen LogP contribution in [-0.4, -0.2) is 27.6 Å². The second kappa shape index (κ2) is 6.36. The molecule has 0 aliphatic carbocycles. The first kappa shape index (κ1) is 14.2. The van der Waals surface area contributed by atoms with Crippen LogP contribution in [-0.2, 0) is 0 Å². The number of carbonyl (C=O) groups is 1. The summed E-state index contributed by atoms with van der Waals surface area (Å²) in [5, 5.41) is 8.77. The third kappa shape index (κ3) is 3.48. The third-order valence-electron chi connectivity index (χ3n) is 2.95. The molecule has 0 bridgehead atoms. The molecule has 1 aromatic heterocycles. The number of nitrogens with one attached hydrogen (secondary N) is 2. The zero-order valence-corrected chi connectivity index (χ0v) is 12.7. The summed E-state index contributed by atoms with van der Waals surface area (Å²) in [6, 6.07) is 10.5. The molecule has 1 aliphatic heterocycles. The number of rotatable bonds is 3. The van der Waals surface area contributed by atoms with Gasteiger partial charge in [0.25, 0.3) is 11.5 Å². The predicted molar refractivity (Wildman–Crippen MR) is 86.9 cm³/mol. The zero-order chi connectivity index (χ0) is 14.7. The third-order valence-corrected chi connectivity index (χ3v) is 6.05. The van der Waals surface area contributed by atoms with Crippen molar-refractivity contribution in [2.45, 2.75) is 4.58 Å². The minimum absolute atomic E-state index is 0.185. The van der Waals surface area contributed by atoms with E-state index in [4.69, 9.17) is 0 Å². The molecule has 7 heteroatoms. The largest absolute Gasteiger partial charge is 0.321 e. The number of hydrogen-bond donors (Lipinski definition) is 2. The highest BCUT2D eigenvalue weighted by atomic mass is 32.2. The summed E-state index contributed by atoms with van der Waals surface area (Å²) in [6.45, 7) is 0. The smallest absolute Gasteiger partial charge is 0.276 e. The molecule has 1 saturated heterocycles. The molecule has 5 nitrogen and oxygen atoms in total. The number of thioether (sulfide) groups is 2. The van der Waals surface area contributed by atoms with Crippen molar-refractivity contribution in [1.29, 1.82) is 0 Å². The van der Waals surface area contributed by atoms with Crippen molar-refractivity contribution in [3.8, 4) is 0 Å². The van der Waals surface area contributed by atoms with Crippen molar-refractivity contribution in [1.82, 2.24) is 10.2 Å². The van der Waals surface area contributed by atoms with Gasteiger partial charge in [0.15, 0.2) is 0 Å². The maximum Gasteiger partial charge on any atom is 0.276 e. The Labute approximate surface area is 129 Å². The molecule has 2 aromatic rings. The predicted octanol–water partition coefficient (Wildman–Crippen LogP) is 2.50. The topological polar surface area (TPSA) is 74.8 Å². The minimum atomic E-state index is -0.338. The molecule has 1 amide bonds. The van der Waals surface area contributed by atoms with E-state index in [9.17, 15) is 9.59 Å². The number of amides is 1. The van der Waals surface area contributed by atoms with Gasteiger partial charge in [0.2, 0.25) is 0 Å². The highest BCUT2D eigenvalue weighted by Crippen LogP contribution is 2.45. The van der Waals surface area contributed by atoms with E-state index in [1.807, 2.05) is 41.7 Å². The van der Waals surface area contributed by atoms with Gasteiger partial charge in [-0.2, -0.15) is 5.10 Å². The van der Waals surface area contributed by atoms with Gasteiger partial charge in [-0.25, -0.2) is 5.10 Å². The van der Waals surface area contributed by atoms with E-state index in [1.165, 1.54) is 17.7 Å². The van der Waals surface area contributed by atoms with E-state index in [0.717, 1.165) is 17.2 Å². The molecular formula is C14H13N3O2S2. The van der Waals surface area contributed by atoms with Crippen LogP contribution in [0, 0.1) is 0 Å². The first-order valence-corrected chi connectivity index (χ1v) is 8.52. The Kier molecular flexibility index (Phi) is 4.31. The number of anilines is 1. The molecule has 0 unspecified atom stereocenters. The number of aromatic nitrogens is 2. The SMILES string of the molecule is O=C(Nc1cccc(C2SCCS2)c1)c1ccc(=O)[nH]n1. The highest BCUT2D eigenvalue weighted by molar-refractivity contribution is 8.19. The van der Waals surface area contributed by atoms with Crippen molar-refractivity contribution in [3.63, 3.8) is 0 Å². The van der Waals surface area contributed by atoms with E-state index in [2.05, 4.69) is 21.6 Å². The zero-order valence-electron chi connectivity index (χ0n) is 11.0. The summed E-state index contributed by atoms with van der Waals surface area (Å²) < 4.78 is 0.438. The fourth-order valence-corrected chi connectivity index (χ4v) is 4.82. The highest BCUT2D eigenvalue weighted by Gasteiger charge is 2.18. The molecule has 1 aliphatic rings. The fourth-order valence-electron chi connectivity index (χ4n) is 1.98. The molecule has 2 heterocycles. The van der Waals surface area contributed by atoms with E-state index in [0.29, 0.717) is 4.58 Å². The van der Waals surface area contributed by atoms with Gasteiger partial charge in [0.05, 0.1) is 4.58 Å². The average Bonchev–Trinajstić information content (AvgIpc) is 3.02.